The molecule has 0 saturated carbocycles. The van der Waals surface area contributed by atoms with Gasteiger partial charge in [-0.25, -0.2) is 14.4 Å². The summed E-state index contributed by atoms with van der Waals surface area (Å²) in [6.07, 6.45) is 0.584. The molecule has 5 rings (SSSR count). The Morgan fingerprint density at radius 1 is 1.00 bits per heavy atom. The van der Waals surface area contributed by atoms with E-state index in [1.807, 2.05) is 55.6 Å². The maximum absolute atomic E-state index is 14.2. The molecule has 0 fully saturated rings. The van der Waals surface area contributed by atoms with Crippen LogP contribution in [0, 0.1) is 26.6 Å². The number of aromatic hydroxyl groups is 1. The Morgan fingerprint density at radius 2 is 1.78 bits per heavy atom. The number of aromatic nitrogens is 3. The SMILES string of the molecule is Cc1csc(-c2cc(-c3c(C)nc(-c4cccc(F)c4O)n(CCc4ccccc4)c3=O)sc2C)n1. The van der Waals surface area contributed by atoms with Gasteiger partial charge in [0.2, 0.25) is 0 Å². The molecule has 0 aliphatic heterocycles. The van der Waals surface area contributed by atoms with Crippen molar-refractivity contribution in [2.75, 3.05) is 0 Å². The molecule has 1 N–H and O–H groups in total. The Hall–Kier alpha value is -3.62. The van der Waals surface area contributed by atoms with E-state index in [0.29, 0.717) is 24.2 Å². The first-order valence-electron chi connectivity index (χ1n) is 11.5. The fourth-order valence-electron chi connectivity index (χ4n) is 4.23. The monoisotopic (exact) mass is 517 g/mol. The van der Waals surface area contributed by atoms with Gasteiger partial charge in [-0.05, 0) is 51.0 Å². The summed E-state index contributed by atoms with van der Waals surface area (Å²) in [5.41, 5.74) is 4.04. The van der Waals surface area contributed by atoms with Crippen LogP contribution >= 0.6 is 22.7 Å². The number of thiophene rings is 1. The van der Waals surface area contributed by atoms with Crippen molar-refractivity contribution < 1.29 is 9.50 Å². The molecule has 0 aliphatic carbocycles. The highest BCUT2D eigenvalue weighted by molar-refractivity contribution is 7.17. The lowest BCUT2D eigenvalue weighted by Crippen LogP contribution is -2.27. The van der Waals surface area contributed by atoms with Crippen LogP contribution in [0.2, 0.25) is 0 Å². The van der Waals surface area contributed by atoms with Gasteiger partial charge in [0.25, 0.3) is 5.56 Å². The van der Waals surface area contributed by atoms with Crippen LogP contribution in [0.5, 0.6) is 5.75 Å². The Kier molecular flexibility index (Phi) is 6.55. The number of benzene rings is 2. The third kappa shape index (κ3) is 4.50. The van der Waals surface area contributed by atoms with Crippen LogP contribution in [-0.4, -0.2) is 19.6 Å². The molecule has 8 heteroatoms. The van der Waals surface area contributed by atoms with Gasteiger partial charge in [-0.2, -0.15) is 0 Å². The molecule has 0 bridgehead atoms. The van der Waals surface area contributed by atoms with Gasteiger partial charge in [-0.1, -0.05) is 36.4 Å². The summed E-state index contributed by atoms with van der Waals surface area (Å²) in [6, 6.07) is 16.1. The number of rotatable bonds is 6. The van der Waals surface area contributed by atoms with Crippen LogP contribution in [0.3, 0.4) is 0 Å². The third-order valence-electron chi connectivity index (χ3n) is 6.06. The van der Waals surface area contributed by atoms with E-state index in [-0.39, 0.29) is 16.9 Å². The average molecular weight is 518 g/mol. The summed E-state index contributed by atoms with van der Waals surface area (Å²) in [6.45, 7) is 6.09. The molecule has 0 atom stereocenters. The first kappa shape index (κ1) is 24.1. The Labute approximate surface area is 216 Å². The number of nitrogens with zero attached hydrogens (tertiary/aromatic N) is 3. The maximum Gasteiger partial charge on any atom is 0.262 e. The lowest BCUT2D eigenvalue weighted by Gasteiger charge is -2.16. The zero-order valence-corrected chi connectivity index (χ0v) is 21.7. The van der Waals surface area contributed by atoms with E-state index in [4.69, 9.17) is 4.98 Å². The minimum absolute atomic E-state index is 0.191. The molecule has 0 saturated heterocycles. The molecule has 3 heterocycles. The summed E-state index contributed by atoms with van der Waals surface area (Å²) in [5, 5.41) is 13.4. The Balaban J connectivity index is 1.67. The summed E-state index contributed by atoms with van der Waals surface area (Å²) >= 11 is 3.11. The molecular formula is C28H24FN3O2S2. The second-order valence-corrected chi connectivity index (χ2v) is 10.7. The fraction of sp³-hybridized carbons (Fsp3) is 0.179. The van der Waals surface area contributed by atoms with Crippen LogP contribution in [0.4, 0.5) is 4.39 Å². The second kappa shape index (κ2) is 9.79. The van der Waals surface area contributed by atoms with Gasteiger partial charge in [0.1, 0.15) is 10.8 Å². The minimum Gasteiger partial charge on any atom is -0.504 e. The van der Waals surface area contributed by atoms with Crippen molar-refractivity contribution in [3.05, 3.63) is 98.0 Å². The van der Waals surface area contributed by atoms with Crippen molar-refractivity contribution in [1.82, 2.24) is 14.5 Å². The first-order chi connectivity index (χ1) is 17.3. The smallest absolute Gasteiger partial charge is 0.262 e. The van der Waals surface area contributed by atoms with Gasteiger partial charge in [-0.15, -0.1) is 22.7 Å². The summed E-state index contributed by atoms with van der Waals surface area (Å²) in [7, 11) is 0. The standard InChI is InChI=1S/C28H24FN3O2S2/c1-16-15-35-27(30-16)21-14-23(36-18(21)3)24-17(2)31-26(20-10-7-11-22(29)25(20)33)32(28(24)34)13-12-19-8-5-4-6-9-19/h4-11,14-15,33H,12-13H2,1-3H3. The van der Waals surface area contributed by atoms with Crippen LogP contribution in [0.25, 0.3) is 32.4 Å². The number of aryl methyl sites for hydroxylation is 4. The van der Waals surface area contributed by atoms with Crippen LogP contribution < -0.4 is 5.56 Å². The van der Waals surface area contributed by atoms with Gasteiger partial charge >= 0.3 is 0 Å². The predicted molar refractivity (Wildman–Crippen MR) is 144 cm³/mol. The number of para-hydroxylation sites is 1. The van der Waals surface area contributed by atoms with Crippen molar-refractivity contribution in [2.24, 2.45) is 0 Å². The molecule has 5 aromatic rings. The van der Waals surface area contributed by atoms with Gasteiger partial charge in [0, 0.05) is 32.9 Å². The molecule has 5 nitrogen and oxygen atoms in total. The summed E-state index contributed by atoms with van der Waals surface area (Å²) in [4.78, 5) is 25.2. The van der Waals surface area contributed by atoms with Crippen molar-refractivity contribution >= 4 is 22.7 Å². The highest BCUT2D eigenvalue weighted by Crippen LogP contribution is 2.38. The average Bonchev–Trinajstić information content (AvgIpc) is 3.46. The highest BCUT2D eigenvalue weighted by Gasteiger charge is 2.22. The zero-order valence-electron chi connectivity index (χ0n) is 20.1. The number of phenols is 1. The molecule has 0 unspecified atom stereocenters. The van der Waals surface area contributed by atoms with Gasteiger partial charge in [-0.3, -0.25) is 9.36 Å². The molecule has 0 amide bonds. The van der Waals surface area contributed by atoms with E-state index < -0.39 is 11.6 Å². The number of halogens is 1. The van der Waals surface area contributed by atoms with Crippen LogP contribution in [0.15, 0.2) is 64.8 Å². The lowest BCUT2D eigenvalue weighted by atomic mass is 10.1. The molecule has 2 aromatic carbocycles. The van der Waals surface area contributed by atoms with E-state index in [2.05, 4.69) is 4.98 Å². The lowest BCUT2D eigenvalue weighted by molar-refractivity contribution is 0.433. The molecule has 36 heavy (non-hydrogen) atoms. The molecule has 0 aliphatic rings. The normalized spacial score (nSPS) is 11.2. The van der Waals surface area contributed by atoms with Gasteiger partial charge in [0.15, 0.2) is 11.6 Å². The van der Waals surface area contributed by atoms with Gasteiger partial charge < -0.3 is 5.11 Å². The third-order valence-corrected chi connectivity index (χ3v) is 8.12. The quantitative estimate of drug-likeness (QED) is 0.270. The molecule has 0 radical (unpaired) electrons. The van der Waals surface area contributed by atoms with E-state index in [1.54, 1.807) is 28.9 Å². The molecular weight excluding hydrogens is 493 g/mol. The first-order valence-corrected chi connectivity index (χ1v) is 13.2. The van der Waals surface area contributed by atoms with E-state index in [1.165, 1.54) is 23.5 Å². The maximum atomic E-state index is 14.2. The number of phenolic OH excluding ortho intramolecular Hbond substituents is 1. The predicted octanol–water partition coefficient (Wildman–Crippen LogP) is 6.77. The van der Waals surface area contributed by atoms with E-state index in [0.717, 1.165) is 31.6 Å². The fourth-order valence-corrected chi connectivity index (χ4v) is 6.28. The van der Waals surface area contributed by atoms with Crippen molar-refractivity contribution in [2.45, 2.75) is 33.7 Å². The number of hydrogen-bond acceptors (Lipinski definition) is 6. The summed E-state index contributed by atoms with van der Waals surface area (Å²) in [5.74, 6) is -1.02. The van der Waals surface area contributed by atoms with Crippen molar-refractivity contribution in [1.29, 1.82) is 0 Å². The van der Waals surface area contributed by atoms with E-state index in [9.17, 15) is 14.3 Å². The Bertz CT molecular complexity index is 1620. The Morgan fingerprint density at radius 3 is 2.50 bits per heavy atom. The van der Waals surface area contributed by atoms with Crippen molar-refractivity contribution in [3.8, 4) is 38.1 Å². The van der Waals surface area contributed by atoms with Crippen LogP contribution in [0.1, 0.15) is 21.8 Å². The minimum atomic E-state index is -0.754. The summed E-state index contributed by atoms with van der Waals surface area (Å²) < 4.78 is 15.8. The molecule has 0 spiro atoms. The second-order valence-electron chi connectivity index (χ2n) is 8.60. The highest BCUT2D eigenvalue weighted by atomic mass is 32.1. The largest absolute Gasteiger partial charge is 0.504 e. The molecule has 182 valence electrons. The van der Waals surface area contributed by atoms with Crippen molar-refractivity contribution in [3.63, 3.8) is 0 Å². The number of hydrogen-bond donors (Lipinski definition) is 1. The number of thiazole rings is 1. The van der Waals surface area contributed by atoms with E-state index >= 15 is 0 Å². The zero-order chi connectivity index (χ0) is 25.4. The topological polar surface area (TPSA) is 68.0 Å². The molecule has 3 aromatic heterocycles. The van der Waals surface area contributed by atoms with Crippen LogP contribution in [-0.2, 0) is 13.0 Å². The van der Waals surface area contributed by atoms with Gasteiger partial charge in [0.05, 0.1) is 16.8 Å².